The monoisotopic (exact) mass is 496 g/mol. The van der Waals surface area contributed by atoms with Gasteiger partial charge in [0.15, 0.2) is 5.69 Å². The van der Waals surface area contributed by atoms with E-state index in [1.165, 1.54) is 15.0 Å². The predicted molar refractivity (Wildman–Crippen MR) is 142 cm³/mol. The van der Waals surface area contributed by atoms with Crippen LogP contribution in [0.2, 0.25) is 0 Å². The number of nitrogens with zero attached hydrogens (tertiary/aromatic N) is 2. The Hall–Kier alpha value is -2.91. The summed E-state index contributed by atoms with van der Waals surface area (Å²) in [6.07, 6.45) is 1.52. The average molecular weight is 497 g/mol. The molecule has 1 aliphatic rings. The molecule has 0 aliphatic carbocycles. The largest absolute Gasteiger partial charge is 0.383 e. The fourth-order valence-electron chi connectivity index (χ4n) is 3.88. The minimum atomic E-state index is -0.661. The number of anilines is 2. The zero-order valence-corrected chi connectivity index (χ0v) is 20.7. The summed E-state index contributed by atoms with van der Waals surface area (Å²) in [4.78, 5) is 42.8. The van der Waals surface area contributed by atoms with Crippen LogP contribution in [0.25, 0.3) is 0 Å². The second kappa shape index (κ2) is 11.0. The maximum absolute atomic E-state index is 13.6. The van der Waals surface area contributed by atoms with Crippen molar-refractivity contribution in [3.05, 3.63) is 92.1 Å². The van der Waals surface area contributed by atoms with Crippen LogP contribution in [0.1, 0.15) is 45.8 Å². The number of amides is 1. The number of aromatic amines is 1. The maximum atomic E-state index is 13.6. The molecule has 1 amide bonds. The summed E-state index contributed by atoms with van der Waals surface area (Å²) in [6, 6.07) is 16.9. The molecule has 1 aromatic heterocycles. The Morgan fingerprint density at radius 3 is 2.41 bits per heavy atom. The number of carbonyl (C=O) groups excluding carboxylic acids is 1. The first-order valence-corrected chi connectivity index (χ1v) is 13.4. The lowest BCUT2D eigenvalue weighted by atomic mass is 10.1. The van der Waals surface area contributed by atoms with Crippen molar-refractivity contribution in [1.82, 2.24) is 9.55 Å². The number of H-pyrrole nitrogens is 1. The molecular formula is C25H28N4O3S2. The Labute approximate surface area is 206 Å². The number of rotatable bonds is 8. The van der Waals surface area contributed by atoms with Crippen LogP contribution < -0.4 is 21.9 Å². The number of nitrogens with two attached hydrogens (primary N) is 1. The first kappa shape index (κ1) is 24.2. The molecule has 178 valence electrons. The Kier molecular flexibility index (Phi) is 7.84. The van der Waals surface area contributed by atoms with Crippen molar-refractivity contribution in [2.24, 2.45) is 0 Å². The highest BCUT2D eigenvalue weighted by molar-refractivity contribution is 8.19. The maximum Gasteiger partial charge on any atom is 0.330 e. The predicted octanol–water partition coefficient (Wildman–Crippen LogP) is 4.09. The highest BCUT2D eigenvalue weighted by atomic mass is 32.2. The minimum absolute atomic E-state index is 0.0139. The van der Waals surface area contributed by atoms with Crippen LogP contribution in [-0.4, -0.2) is 33.5 Å². The Morgan fingerprint density at radius 2 is 1.76 bits per heavy atom. The number of aromatic nitrogens is 2. The van der Waals surface area contributed by atoms with E-state index in [-0.39, 0.29) is 24.0 Å². The SMILES string of the molecule is CCCCN(C(=O)c1ccc(C2SCCS2)cc1)c1c(N)n(Cc2ccccc2)c(=O)[nH]c1=O. The molecule has 34 heavy (non-hydrogen) atoms. The van der Waals surface area contributed by atoms with Gasteiger partial charge in [-0.2, -0.15) is 0 Å². The number of nitrogens with one attached hydrogen (secondary N) is 1. The molecule has 7 nitrogen and oxygen atoms in total. The fourth-order valence-corrected chi connectivity index (χ4v) is 6.74. The molecular weight excluding hydrogens is 468 g/mol. The normalized spacial score (nSPS) is 13.8. The third-order valence-electron chi connectivity index (χ3n) is 5.70. The van der Waals surface area contributed by atoms with Crippen molar-refractivity contribution < 1.29 is 4.79 Å². The molecule has 3 N–H and O–H groups in total. The van der Waals surface area contributed by atoms with Gasteiger partial charge in [0, 0.05) is 23.6 Å². The summed E-state index contributed by atoms with van der Waals surface area (Å²) < 4.78 is 1.69. The zero-order chi connectivity index (χ0) is 24.1. The summed E-state index contributed by atoms with van der Waals surface area (Å²) in [5.74, 6) is 1.93. The van der Waals surface area contributed by atoms with Gasteiger partial charge in [0.25, 0.3) is 11.5 Å². The molecule has 4 rings (SSSR count). The van der Waals surface area contributed by atoms with Gasteiger partial charge in [-0.25, -0.2) is 4.79 Å². The summed E-state index contributed by atoms with van der Waals surface area (Å²) in [6.45, 7) is 2.52. The minimum Gasteiger partial charge on any atom is -0.383 e. The quantitative estimate of drug-likeness (QED) is 0.487. The van der Waals surface area contributed by atoms with Gasteiger partial charge in [0.05, 0.1) is 11.1 Å². The van der Waals surface area contributed by atoms with Crippen molar-refractivity contribution in [1.29, 1.82) is 0 Å². The van der Waals surface area contributed by atoms with Gasteiger partial charge in [-0.05, 0) is 29.7 Å². The summed E-state index contributed by atoms with van der Waals surface area (Å²) in [5, 5.41) is 0. The van der Waals surface area contributed by atoms with E-state index in [2.05, 4.69) is 4.98 Å². The van der Waals surface area contributed by atoms with Crippen LogP contribution in [0, 0.1) is 0 Å². The van der Waals surface area contributed by atoms with Gasteiger partial charge >= 0.3 is 5.69 Å². The molecule has 1 saturated heterocycles. The van der Waals surface area contributed by atoms with Crippen molar-refractivity contribution in [2.45, 2.75) is 30.9 Å². The molecule has 0 spiro atoms. The molecule has 9 heteroatoms. The third-order valence-corrected chi connectivity index (χ3v) is 8.80. The van der Waals surface area contributed by atoms with E-state index >= 15 is 0 Å². The lowest BCUT2D eigenvalue weighted by Crippen LogP contribution is -2.41. The second-order valence-corrected chi connectivity index (χ2v) is 10.8. The lowest BCUT2D eigenvalue weighted by molar-refractivity contribution is 0.0986. The average Bonchev–Trinajstić information content (AvgIpc) is 3.39. The molecule has 2 aromatic carbocycles. The standard InChI is InChI=1S/C25H28N4O3S2/c1-2-3-13-28(23(31)18-9-11-19(12-10-18)24-33-14-15-34-24)20-21(26)29(25(32)27-22(20)30)16-17-7-5-4-6-8-17/h4-12,24H,2-3,13-16,26H2,1H3,(H,27,30,32). The summed E-state index contributed by atoms with van der Waals surface area (Å²) in [7, 11) is 0. The number of benzene rings is 2. The van der Waals surface area contributed by atoms with Gasteiger partial charge in [-0.1, -0.05) is 55.8 Å². The van der Waals surface area contributed by atoms with E-state index in [0.717, 1.165) is 23.5 Å². The highest BCUT2D eigenvalue weighted by Crippen LogP contribution is 2.45. The number of hydrogen-bond donors (Lipinski definition) is 2. The van der Waals surface area contributed by atoms with Crippen LogP contribution in [-0.2, 0) is 6.54 Å². The van der Waals surface area contributed by atoms with Crippen LogP contribution in [0.4, 0.5) is 11.5 Å². The molecule has 1 fully saturated rings. The zero-order valence-electron chi connectivity index (χ0n) is 19.0. The number of unbranched alkanes of at least 4 members (excludes halogenated alkanes) is 1. The van der Waals surface area contributed by atoms with Crippen molar-refractivity contribution >= 4 is 40.9 Å². The van der Waals surface area contributed by atoms with Gasteiger partial charge in [0.1, 0.15) is 5.82 Å². The third kappa shape index (κ3) is 5.26. The molecule has 0 atom stereocenters. The lowest BCUT2D eigenvalue weighted by Gasteiger charge is -2.25. The highest BCUT2D eigenvalue weighted by Gasteiger charge is 2.26. The Bertz CT molecular complexity index is 1250. The van der Waals surface area contributed by atoms with Crippen LogP contribution in [0.3, 0.4) is 0 Å². The molecule has 1 aliphatic heterocycles. The molecule has 0 radical (unpaired) electrons. The second-order valence-electron chi connectivity index (χ2n) is 8.07. The van der Waals surface area contributed by atoms with E-state index < -0.39 is 11.2 Å². The summed E-state index contributed by atoms with van der Waals surface area (Å²) in [5.41, 5.74) is 7.64. The van der Waals surface area contributed by atoms with Crippen LogP contribution in [0.15, 0.2) is 64.2 Å². The van der Waals surface area contributed by atoms with E-state index in [0.29, 0.717) is 23.1 Å². The molecule has 2 heterocycles. The number of hydrogen-bond acceptors (Lipinski definition) is 6. The first-order chi connectivity index (χ1) is 16.5. The van der Waals surface area contributed by atoms with Gasteiger partial charge in [-0.3, -0.25) is 19.1 Å². The van der Waals surface area contributed by atoms with Gasteiger partial charge < -0.3 is 10.6 Å². The number of carbonyl (C=O) groups is 1. The van der Waals surface area contributed by atoms with Crippen LogP contribution >= 0.6 is 23.5 Å². The van der Waals surface area contributed by atoms with Crippen molar-refractivity contribution in [3.63, 3.8) is 0 Å². The number of nitrogen functional groups attached to an aromatic ring is 1. The van der Waals surface area contributed by atoms with E-state index in [4.69, 9.17) is 5.73 Å². The van der Waals surface area contributed by atoms with E-state index in [9.17, 15) is 14.4 Å². The smallest absolute Gasteiger partial charge is 0.330 e. The molecule has 3 aromatic rings. The Balaban J connectivity index is 1.70. The van der Waals surface area contributed by atoms with Crippen molar-refractivity contribution in [2.75, 3.05) is 28.7 Å². The van der Waals surface area contributed by atoms with Crippen LogP contribution in [0.5, 0.6) is 0 Å². The van der Waals surface area contributed by atoms with Gasteiger partial charge in [-0.15, -0.1) is 23.5 Å². The molecule has 0 unspecified atom stereocenters. The summed E-state index contributed by atoms with van der Waals surface area (Å²) >= 11 is 3.81. The first-order valence-electron chi connectivity index (χ1n) is 11.3. The van der Waals surface area contributed by atoms with Gasteiger partial charge in [0.2, 0.25) is 0 Å². The fraction of sp³-hybridized carbons (Fsp3) is 0.320. The number of thioether (sulfide) groups is 2. The topological polar surface area (TPSA) is 101 Å². The Morgan fingerprint density at radius 1 is 1.09 bits per heavy atom. The van der Waals surface area contributed by atoms with E-state index in [1.807, 2.05) is 72.9 Å². The van der Waals surface area contributed by atoms with E-state index in [1.54, 1.807) is 12.1 Å². The molecule has 0 saturated carbocycles. The molecule has 0 bridgehead atoms. The van der Waals surface area contributed by atoms with Crippen molar-refractivity contribution in [3.8, 4) is 0 Å².